The summed E-state index contributed by atoms with van der Waals surface area (Å²) in [5, 5.41) is 8.65. The van der Waals surface area contributed by atoms with Crippen molar-refractivity contribution in [2.75, 3.05) is 19.7 Å². The van der Waals surface area contributed by atoms with Crippen molar-refractivity contribution in [3.63, 3.8) is 0 Å². The van der Waals surface area contributed by atoms with E-state index in [2.05, 4.69) is 10.2 Å². The van der Waals surface area contributed by atoms with Gasteiger partial charge in [-0.3, -0.25) is 4.79 Å². The minimum absolute atomic E-state index is 0.136. The predicted molar refractivity (Wildman–Crippen MR) is 96.7 cm³/mol. The van der Waals surface area contributed by atoms with Crippen molar-refractivity contribution in [1.82, 2.24) is 15.1 Å². The molecule has 0 unspecified atom stereocenters. The first kappa shape index (κ1) is 17.7. The van der Waals surface area contributed by atoms with Crippen molar-refractivity contribution >= 4 is 17.5 Å². The van der Waals surface area contributed by atoms with Gasteiger partial charge in [-0.1, -0.05) is 29.8 Å². The lowest BCUT2D eigenvalue weighted by Crippen LogP contribution is -2.40. The van der Waals surface area contributed by atoms with Crippen LogP contribution < -0.4 is 4.74 Å². The van der Waals surface area contributed by atoms with E-state index < -0.39 is 0 Å². The number of benzene rings is 1. The summed E-state index contributed by atoms with van der Waals surface area (Å²) >= 11 is 6.14. The molecule has 1 aromatic carbocycles. The Balaban J connectivity index is 1.44. The van der Waals surface area contributed by atoms with Gasteiger partial charge in [-0.2, -0.15) is 5.10 Å². The maximum absolute atomic E-state index is 12.5. The van der Waals surface area contributed by atoms with Crippen LogP contribution in [0.5, 0.6) is 5.88 Å². The Morgan fingerprint density at radius 3 is 2.64 bits per heavy atom. The SMILES string of the molecule is Cc1ccc(OCC2CCN(C(=O)Cc3ccccc3Cl)CC2)nn1. The van der Waals surface area contributed by atoms with Crippen LogP contribution >= 0.6 is 11.6 Å². The van der Waals surface area contributed by atoms with Gasteiger partial charge in [0.15, 0.2) is 0 Å². The lowest BCUT2D eigenvalue weighted by Gasteiger charge is -2.32. The second-order valence-electron chi connectivity index (χ2n) is 6.42. The molecule has 0 saturated carbocycles. The van der Waals surface area contributed by atoms with Gasteiger partial charge in [-0.05, 0) is 43.4 Å². The molecule has 0 spiro atoms. The Hall–Kier alpha value is -2.14. The van der Waals surface area contributed by atoms with Crippen LogP contribution in [0.1, 0.15) is 24.1 Å². The normalized spacial score (nSPS) is 15.2. The van der Waals surface area contributed by atoms with Crippen molar-refractivity contribution in [2.45, 2.75) is 26.2 Å². The predicted octanol–water partition coefficient (Wildman–Crippen LogP) is 3.30. The Kier molecular flexibility index (Phi) is 5.87. The largest absolute Gasteiger partial charge is 0.476 e. The summed E-state index contributed by atoms with van der Waals surface area (Å²) in [5.41, 5.74) is 1.76. The molecule has 1 aliphatic rings. The second-order valence-corrected chi connectivity index (χ2v) is 6.82. The third kappa shape index (κ3) is 4.92. The highest BCUT2D eigenvalue weighted by Crippen LogP contribution is 2.21. The van der Waals surface area contributed by atoms with Gasteiger partial charge in [0.1, 0.15) is 0 Å². The highest BCUT2D eigenvalue weighted by atomic mass is 35.5. The van der Waals surface area contributed by atoms with Crippen molar-refractivity contribution < 1.29 is 9.53 Å². The topological polar surface area (TPSA) is 55.3 Å². The molecule has 3 rings (SSSR count). The molecule has 0 atom stereocenters. The van der Waals surface area contributed by atoms with Crippen molar-refractivity contribution in [1.29, 1.82) is 0 Å². The van der Waals surface area contributed by atoms with Gasteiger partial charge in [0.25, 0.3) is 0 Å². The number of hydrogen-bond donors (Lipinski definition) is 0. The molecule has 1 aromatic heterocycles. The lowest BCUT2D eigenvalue weighted by atomic mass is 9.97. The van der Waals surface area contributed by atoms with Crippen LogP contribution in [0.4, 0.5) is 0 Å². The average molecular weight is 360 g/mol. The Morgan fingerprint density at radius 1 is 1.20 bits per heavy atom. The first-order valence-corrected chi connectivity index (χ1v) is 8.94. The summed E-state index contributed by atoms with van der Waals surface area (Å²) in [6.45, 7) is 4.03. The van der Waals surface area contributed by atoms with Gasteiger partial charge in [-0.25, -0.2) is 0 Å². The third-order valence-corrected chi connectivity index (χ3v) is 4.88. The van der Waals surface area contributed by atoms with Crippen LogP contribution in [0.25, 0.3) is 0 Å². The van der Waals surface area contributed by atoms with Gasteiger partial charge >= 0.3 is 0 Å². The Bertz CT molecular complexity index is 713. The standard InChI is InChI=1S/C19H22ClN3O2/c1-14-6-7-18(22-21-14)25-13-15-8-10-23(11-9-15)19(24)12-16-4-2-3-5-17(16)20/h2-7,15H,8-13H2,1H3. The number of amides is 1. The molecule has 2 aromatic rings. The summed E-state index contributed by atoms with van der Waals surface area (Å²) in [7, 11) is 0. The summed E-state index contributed by atoms with van der Waals surface area (Å²) < 4.78 is 5.71. The Morgan fingerprint density at radius 2 is 1.96 bits per heavy atom. The number of halogens is 1. The number of carbonyl (C=O) groups is 1. The third-order valence-electron chi connectivity index (χ3n) is 4.51. The van der Waals surface area contributed by atoms with Crippen LogP contribution in [-0.4, -0.2) is 40.7 Å². The Labute approximate surface area is 153 Å². The van der Waals surface area contributed by atoms with E-state index in [1.807, 2.05) is 48.2 Å². The maximum atomic E-state index is 12.5. The minimum atomic E-state index is 0.136. The highest BCUT2D eigenvalue weighted by molar-refractivity contribution is 6.31. The van der Waals surface area contributed by atoms with E-state index in [-0.39, 0.29) is 5.91 Å². The number of hydrogen-bond acceptors (Lipinski definition) is 4. The molecule has 2 heterocycles. The molecule has 1 aliphatic heterocycles. The van der Waals surface area contributed by atoms with E-state index in [0.717, 1.165) is 37.2 Å². The molecular formula is C19H22ClN3O2. The fourth-order valence-corrected chi connectivity index (χ4v) is 3.13. The number of piperidine rings is 1. The average Bonchev–Trinajstić information content (AvgIpc) is 2.63. The molecule has 132 valence electrons. The highest BCUT2D eigenvalue weighted by Gasteiger charge is 2.23. The van der Waals surface area contributed by atoms with E-state index in [9.17, 15) is 4.79 Å². The van der Waals surface area contributed by atoms with Crippen LogP contribution in [0, 0.1) is 12.8 Å². The van der Waals surface area contributed by atoms with Gasteiger partial charge in [0.05, 0.1) is 18.7 Å². The summed E-state index contributed by atoms with van der Waals surface area (Å²) in [6, 6.07) is 11.2. The fourth-order valence-electron chi connectivity index (χ4n) is 2.93. The molecule has 25 heavy (non-hydrogen) atoms. The lowest BCUT2D eigenvalue weighted by molar-refractivity contribution is -0.132. The number of nitrogens with zero attached hydrogens (tertiary/aromatic N) is 3. The van der Waals surface area contributed by atoms with Gasteiger partial charge < -0.3 is 9.64 Å². The molecule has 5 nitrogen and oxygen atoms in total. The van der Waals surface area contributed by atoms with Crippen LogP contribution in [-0.2, 0) is 11.2 Å². The number of ether oxygens (including phenoxy) is 1. The molecular weight excluding hydrogens is 338 g/mol. The van der Waals surface area contributed by atoms with Crippen LogP contribution in [0.3, 0.4) is 0 Å². The molecule has 0 radical (unpaired) electrons. The first-order chi connectivity index (χ1) is 12.1. The minimum Gasteiger partial charge on any atom is -0.476 e. The molecule has 6 heteroatoms. The number of aryl methyl sites for hydroxylation is 1. The summed E-state index contributed by atoms with van der Waals surface area (Å²) in [6.07, 6.45) is 2.24. The zero-order chi connectivity index (χ0) is 17.6. The van der Waals surface area contributed by atoms with Gasteiger partial charge in [-0.15, -0.1) is 5.10 Å². The molecule has 1 saturated heterocycles. The maximum Gasteiger partial charge on any atom is 0.233 e. The van der Waals surface area contributed by atoms with Gasteiger partial charge in [0.2, 0.25) is 11.8 Å². The van der Waals surface area contributed by atoms with Crippen molar-refractivity contribution in [3.8, 4) is 5.88 Å². The molecule has 0 N–H and O–H groups in total. The first-order valence-electron chi connectivity index (χ1n) is 8.56. The second kappa shape index (κ2) is 8.30. The number of rotatable bonds is 5. The van der Waals surface area contributed by atoms with E-state index in [4.69, 9.17) is 16.3 Å². The zero-order valence-electron chi connectivity index (χ0n) is 14.3. The zero-order valence-corrected chi connectivity index (χ0v) is 15.1. The fraction of sp³-hybridized carbons (Fsp3) is 0.421. The number of likely N-dealkylation sites (tertiary alicyclic amines) is 1. The van der Waals surface area contributed by atoms with E-state index in [1.165, 1.54) is 0 Å². The summed E-state index contributed by atoms with van der Waals surface area (Å²) in [4.78, 5) is 14.4. The van der Waals surface area contributed by atoms with Crippen LogP contribution in [0.15, 0.2) is 36.4 Å². The van der Waals surface area contributed by atoms with Crippen molar-refractivity contribution in [2.24, 2.45) is 5.92 Å². The number of carbonyl (C=O) groups excluding carboxylic acids is 1. The molecule has 0 bridgehead atoms. The summed E-state index contributed by atoms with van der Waals surface area (Å²) in [5.74, 6) is 1.13. The van der Waals surface area contributed by atoms with Gasteiger partial charge in [0, 0.05) is 24.2 Å². The molecule has 0 aliphatic carbocycles. The smallest absolute Gasteiger partial charge is 0.233 e. The van der Waals surface area contributed by atoms with E-state index >= 15 is 0 Å². The quantitative estimate of drug-likeness (QED) is 0.822. The molecule has 1 amide bonds. The number of aromatic nitrogens is 2. The van der Waals surface area contributed by atoms with E-state index in [1.54, 1.807) is 0 Å². The molecule has 1 fully saturated rings. The monoisotopic (exact) mass is 359 g/mol. The van der Waals surface area contributed by atoms with Crippen molar-refractivity contribution in [3.05, 3.63) is 52.7 Å². The van der Waals surface area contributed by atoms with E-state index in [0.29, 0.717) is 29.8 Å². The van der Waals surface area contributed by atoms with Crippen LogP contribution in [0.2, 0.25) is 5.02 Å².